The third kappa shape index (κ3) is 4.34. The summed E-state index contributed by atoms with van der Waals surface area (Å²) in [4.78, 5) is 24.0. The number of rotatable bonds is 5. The van der Waals surface area contributed by atoms with Crippen LogP contribution in [0, 0.1) is 0 Å². The quantitative estimate of drug-likeness (QED) is 0.789. The van der Waals surface area contributed by atoms with Crippen LogP contribution in [0.25, 0.3) is 0 Å². The minimum Gasteiger partial charge on any atom is -0.357 e. The molecule has 3 amide bonds. The van der Waals surface area contributed by atoms with E-state index in [0.717, 1.165) is 11.1 Å². The Bertz CT molecular complexity index is 614. The second kappa shape index (κ2) is 7.83. The Morgan fingerprint density at radius 3 is 2.14 bits per heavy atom. The van der Waals surface area contributed by atoms with Gasteiger partial charge in [-0.25, -0.2) is 4.79 Å². The molecule has 3 N–H and O–H groups in total. The van der Waals surface area contributed by atoms with Crippen LogP contribution in [0.5, 0.6) is 0 Å². The van der Waals surface area contributed by atoms with Gasteiger partial charge < -0.3 is 16.0 Å². The zero-order chi connectivity index (χ0) is 15.8. The van der Waals surface area contributed by atoms with Crippen LogP contribution in [-0.4, -0.2) is 19.0 Å². The summed E-state index contributed by atoms with van der Waals surface area (Å²) < 4.78 is 0. The van der Waals surface area contributed by atoms with Crippen LogP contribution >= 0.6 is 0 Å². The number of hydrogen-bond donors (Lipinski definition) is 3. The van der Waals surface area contributed by atoms with E-state index in [4.69, 9.17) is 0 Å². The number of carbonyl (C=O) groups is 2. The van der Waals surface area contributed by atoms with Crippen LogP contribution in [0.2, 0.25) is 0 Å². The van der Waals surface area contributed by atoms with Crippen molar-refractivity contribution in [3.8, 4) is 0 Å². The second-order valence-corrected chi connectivity index (χ2v) is 4.77. The molecular formula is C17H19N3O2. The predicted molar refractivity (Wildman–Crippen MR) is 85.1 cm³/mol. The molecule has 0 heterocycles. The fourth-order valence-electron chi connectivity index (χ4n) is 2.05. The molecule has 0 aliphatic heterocycles. The lowest BCUT2D eigenvalue weighted by Gasteiger charge is -2.18. The van der Waals surface area contributed by atoms with Gasteiger partial charge in [0.25, 0.3) is 0 Å². The molecular weight excluding hydrogens is 278 g/mol. The minimum atomic E-state index is -0.720. The molecule has 0 aliphatic carbocycles. The van der Waals surface area contributed by atoms with Crippen molar-refractivity contribution in [1.29, 1.82) is 0 Å². The summed E-state index contributed by atoms with van der Waals surface area (Å²) >= 11 is 0. The summed E-state index contributed by atoms with van der Waals surface area (Å²) in [6.45, 7) is 0.405. The molecule has 0 aromatic heterocycles. The molecule has 114 valence electrons. The van der Waals surface area contributed by atoms with Gasteiger partial charge in [0.15, 0.2) is 0 Å². The Hall–Kier alpha value is -2.82. The molecule has 2 aromatic carbocycles. The molecule has 0 fully saturated rings. The SMILES string of the molecule is CNC(=O)[C@@H](NC(=O)NCc1ccccc1)c1ccccc1. The molecule has 5 nitrogen and oxygen atoms in total. The molecule has 0 bridgehead atoms. The van der Waals surface area contributed by atoms with E-state index in [9.17, 15) is 9.59 Å². The molecule has 0 spiro atoms. The van der Waals surface area contributed by atoms with Gasteiger partial charge in [0.1, 0.15) is 6.04 Å². The third-order valence-corrected chi connectivity index (χ3v) is 3.21. The standard InChI is InChI=1S/C17H19N3O2/c1-18-16(21)15(14-10-6-3-7-11-14)20-17(22)19-12-13-8-4-2-5-9-13/h2-11,15H,12H2,1H3,(H,18,21)(H2,19,20,22)/t15-/m0/s1. The van der Waals surface area contributed by atoms with Crippen LogP contribution < -0.4 is 16.0 Å². The summed E-state index contributed by atoms with van der Waals surface area (Å²) in [6.07, 6.45) is 0. The number of benzene rings is 2. The first kappa shape index (κ1) is 15.6. The van der Waals surface area contributed by atoms with Gasteiger partial charge in [-0.1, -0.05) is 60.7 Å². The Morgan fingerprint density at radius 1 is 0.955 bits per heavy atom. The Kier molecular flexibility index (Phi) is 5.54. The van der Waals surface area contributed by atoms with Crippen LogP contribution in [-0.2, 0) is 11.3 Å². The molecule has 0 saturated carbocycles. The average molecular weight is 297 g/mol. The summed E-state index contributed by atoms with van der Waals surface area (Å²) in [5.74, 6) is -0.263. The third-order valence-electron chi connectivity index (χ3n) is 3.21. The van der Waals surface area contributed by atoms with Crippen molar-refractivity contribution in [1.82, 2.24) is 16.0 Å². The van der Waals surface area contributed by atoms with Crippen LogP contribution in [0.15, 0.2) is 60.7 Å². The first-order valence-corrected chi connectivity index (χ1v) is 7.05. The number of hydrogen-bond acceptors (Lipinski definition) is 2. The van der Waals surface area contributed by atoms with E-state index >= 15 is 0 Å². The first-order valence-electron chi connectivity index (χ1n) is 7.05. The van der Waals surface area contributed by atoms with Gasteiger partial charge >= 0.3 is 6.03 Å². The second-order valence-electron chi connectivity index (χ2n) is 4.77. The van der Waals surface area contributed by atoms with Gasteiger partial charge in [0.2, 0.25) is 5.91 Å². The van der Waals surface area contributed by atoms with Crippen molar-refractivity contribution >= 4 is 11.9 Å². The van der Waals surface area contributed by atoms with E-state index in [1.165, 1.54) is 0 Å². The molecule has 5 heteroatoms. The topological polar surface area (TPSA) is 70.2 Å². The zero-order valence-corrected chi connectivity index (χ0v) is 12.4. The number of likely N-dealkylation sites (N-methyl/N-ethyl adjacent to an activating group) is 1. The van der Waals surface area contributed by atoms with Crippen molar-refractivity contribution in [2.24, 2.45) is 0 Å². The van der Waals surface area contributed by atoms with E-state index < -0.39 is 6.04 Å². The van der Waals surface area contributed by atoms with Crippen LogP contribution in [0.4, 0.5) is 4.79 Å². The van der Waals surface area contributed by atoms with Crippen molar-refractivity contribution in [3.63, 3.8) is 0 Å². The lowest BCUT2D eigenvalue weighted by molar-refractivity contribution is -0.122. The average Bonchev–Trinajstić information content (AvgIpc) is 2.59. The maximum Gasteiger partial charge on any atom is 0.315 e. The maximum absolute atomic E-state index is 12.0. The van der Waals surface area contributed by atoms with Crippen molar-refractivity contribution in [2.45, 2.75) is 12.6 Å². The lowest BCUT2D eigenvalue weighted by Crippen LogP contribution is -2.43. The number of urea groups is 1. The molecule has 0 aliphatic rings. The molecule has 0 saturated heterocycles. The molecule has 0 radical (unpaired) electrons. The van der Waals surface area contributed by atoms with E-state index in [1.807, 2.05) is 48.5 Å². The van der Waals surface area contributed by atoms with E-state index in [-0.39, 0.29) is 11.9 Å². The molecule has 2 aromatic rings. The highest BCUT2D eigenvalue weighted by Gasteiger charge is 2.21. The summed E-state index contributed by atoms with van der Waals surface area (Å²) in [5.41, 5.74) is 1.73. The van der Waals surface area contributed by atoms with E-state index in [1.54, 1.807) is 19.2 Å². The van der Waals surface area contributed by atoms with E-state index in [2.05, 4.69) is 16.0 Å². The van der Waals surface area contributed by atoms with Crippen LogP contribution in [0.3, 0.4) is 0 Å². The predicted octanol–water partition coefficient (Wildman–Crippen LogP) is 1.97. The molecule has 0 unspecified atom stereocenters. The zero-order valence-electron chi connectivity index (χ0n) is 12.4. The molecule has 1 atom stereocenters. The largest absolute Gasteiger partial charge is 0.357 e. The summed E-state index contributed by atoms with van der Waals surface area (Å²) in [7, 11) is 1.54. The normalized spacial score (nSPS) is 11.3. The highest BCUT2D eigenvalue weighted by molar-refractivity contribution is 5.87. The highest BCUT2D eigenvalue weighted by Crippen LogP contribution is 2.12. The molecule has 2 rings (SSSR count). The highest BCUT2D eigenvalue weighted by atomic mass is 16.2. The monoisotopic (exact) mass is 297 g/mol. The smallest absolute Gasteiger partial charge is 0.315 e. The Balaban J connectivity index is 1.98. The summed E-state index contributed by atoms with van der Waals surface area (Å²) in [5, 5.41) is 8.00. The molecule has 22 heavy (non-hydrogen) atoms. The van der Waals surface area contributed by atoms with Gasteiger partial charge in [-0.15, -0.1) is 0 Å². The Labute approximate surface area is 129 Å². The van der Waals surface area contributed by atoms with Gasteiger partial charge in [-0.05, 0) is 11.1 Å². The van der Waals surface area contributed by atoms with Crippen molar-refractivity contribution in [3.05, 3.63) is 71.8 Å². The van der Waals surface area contributed by atoms with Gasteiger partial charge in [-0.3, -0.25) is 4.79 Å². The van der Waals surface area contributed by atoms with Crippen molar-refractivity contribution < 1.29 is 9.59 Å². The lowest BCUT2D eigenvalue weighted by atomic mass is 10.1. The number of carbonyl (C=O) groups excluding carboxylic acids is 2. The number of amides is 3. The van der Waals surface area contributed by atoms with Crippen LogP contribution in [0.1, 0.15) is 17.2 Å². The minimum absolute atomic E-state index is 0.263. The van der Waals surface area contributed by atoms with Gasteiger partial charge in [0.05, 0.1) is 0 Å². The van der Waals surface area contributed by atoms with E-state index in [0.29, 0.717) is 6.54 Å². The van der Waals surface area contributed by atoms with Gasteiger partial charge in [0, 0.05) is 13.6 Å². The first-order chi connectivity index (χ1) is 10.7. The summed E-state index contributed by atoms with van der Waals surface area (Å²) in [6, 6.07) is 17.6. The fraction of sp³-hybridized carbons (Fsp3) is 0.176. The fourth-order valence-corrected chi connectivity index (χ4v) is 2.05. The Morgan fingerprint density at radius 2 is 1.55 bits per heavy atom. The number of nitrogens with one attached hydrogen (secondary N) is 3. The van der Waals surface area contributed by atoms with Crippen molar-refractivity contribution in [2.75, 3.05) is 7.05 Å². The maximum atomic E-state index is 12.0. The van der Waals surface area contributed by atoms with Gasteiger partial charge in [-0.2, -0.15) is 0 Å².